The summed E-state index contributed by atoms with van der Waals surface area (Å²) in [7, 11) is 1.65. The number of methoxy groups -OCH3 is 1. The first-order chi connectivity index (χ1) is 14.1. The van der Waals surface area contributed by atoms with Crippen LogP contribution < -0.4 is 10.1 Å². The van der Waals surface area contributed by atoms with Crippen molar-refractivity contribution in [1.82, 2.24) is 20.3 Å². The van der Waals surface area contributed by atoms with Gasteiger partial charge in [-0.25, -0.2) is 0 Å². The number of nitrogens with zero attached hydrogens (tertiary/aromatic N) is 3. The van der Waals surface area contributed by atoms with Crippen LogP contribution in [0.15, 0.2) is 47.2 Å². The van der Waals surface area contributed by atoms with Crippen LogP contribution in [0.1, 0.15) is 59.5 Å². The van der Waals surface area contributed by atoms with E-state index in [0.717, 1.165) is 42.6 Å². The third-order valence-electron chi connectivity index (χ3n) is 5.78. The largest absolute Gasteiger partial charge is 0.497 e. The topological polar surface area (TPSA) is 82.2 Å². The minimum absolute atomic E-state index is 0.207. The number of amides is 1. The van der Waals surface area contributed by atoms with Gasteiger partial charge in [-0.1, -0.05) is 36.6 Å². The summed E-state index contributed by atoms with van der Waals surface area (Å²) in [5.74, 6) is 1.23. The predicted octanol–water partition coefficient (Wildman–Crippen LogP) is 3.83. The number of aryl methyl sites for hydroxylation is 1. The van der Waals surface area contributed by atoms with E-state index >= 15 is 0 Å². The van der Waals surface area contributed by atoms with Gasteiger partial charge in [0.05, 0.1) is 19.2 Å². The average molecular weight is 394 g/mol. The molecule has 1 aliphatic carbocycles. The molecule has 29 heavy (non-hydrogen) atoms. The fourth-order valence-electron chi connectivity index (χ4n) is 4.14. The summed E-state index contributed by atoms with van der Waals surface area (Å²) in [5.41, 5.74) is 1.78. The van der Waals surface area contributed by atoms with Crippen LogP contribution in [-0.4, -0.2) is 28.0 Å². The fraction of sp³-hybridized carbons (Fsp3) is 0.409. The Morgan fingerprint density at radius 2 is 2.00 bits per heavy atom. The molecule has 0 radical (unpaired) electrons. The van der Waals surface area contributed by atoms with Crippen LogP contribution in [0.4, 0.5) is 0 Å². The lowest BCUT2D eigenvalue weighted by Crippen LogP contribution is -2.47. The first-order valence-electron chi connectivity index (χ1n) is 10.0. The van der Waals surface area contributed by atoms with Gasteiger partial charge in [-0.05, 0) is 43.5 Å². The van der Waals surface area contributed by atoms with Crippen LogP contribution in [0.25, 0.3) is 0 Å². The summed E-state index contributed by atoms with van der Waals surface area (Å²) in [6.07, 6.45) is 8.69. The fourth-order valence-corrected chi connectivity index (χ4v) is 4.14. The molecule has 0 aliphatic heterocycles. The van der Waals surface area contributed by atoms with E-state index in [1.54, 1.807) is 18.0 Å². The molecule has 4 rings (SSSR count). The predicted molar refractivity (Wildman–Crippen MR) is 108 cm³/mol. The summed E-state index contributed by atoms with van der Waals surface area (Å²) in [6.45, 7) is 2.27. The first kappa shape index (κ1) is 19.2. The Labute approximate surface area is 170 Å². The summed E-state index contributed by atoms with van der Waals surface area (Å²) in [5, 5.41) is 11.6. The lowest BCUT2D eigenvalue weighted by Gasteiger charge is -2.38. The van der Waals surface area contributed by atoms with Crippen molar-refractivity contribution in [3.8, 4) is 5.75 Å². The molecule has 7 nitrogen and oxygen atoms in total. The minimum Gasteiger partial charge on any atom is -0.497 e. The molecule has 1 amide bonds. The molecule has 0 saturated heterocycles. The molecule has 0 unspecified atom stereocenters. The Bertz CT molecular complexity index is 955. The van der Waals surface area contributed by atoms with Gasteiger partial charge in [0.25, 0.3) is 5.91 Å². The summed E-state index contributed by atoms with van der Waals surface area (Å²) < 4.78 is 12.4. The van der Waals surface area contributed by atoms with Crippen molar-refractivity contribution in [3.63, 3.8) is 0 Å². The Morgan fingerprint density at radius 1 is 1.24 bits per heavy atom. The third kappa shape index (κ3) is 3.90. The molecule has 3 aromatic rings. The monoisotopic (exact) mass is 394 g/mol. The third-order valence-corrected chi connectivity index (χ3v) is 5.78. The van der Waals surface area contributed by atoms with Crippen molar-refractivity contribution in [2.24, 2.45) is 0 Å². The highest BCUT2D eigenvalue weighted by molar-refractivity contribution is 5.94. The molecule has 152 valence electrons. The Hall–Kier alpha value is -3.09. The highest BCUT2D eigenvalue weighted by Crippen LogP contribution is 2.38. The normalized spacial score (nSPS) is 15.8. The Morgan fingerprint density at radius 3 is 2.66 bits per heavy atom. The van der Waals surface area contributed by atoms with Crippen molar-refractivity contribution < 1.29 is 14.1 Å². The highest BCUT2D eigenvalue weighted by Gasteiger charge is 2.37. The van der Waals surface area contributed by atoms with Crippen LogP contribution in [0.3, 0.4) is 0 Å². The highest BCUT2D eigenvalue weighted by atomic mass is 16.5. The van der Waals surface area contributed by atoms with E-state index in [0.29, 0.717) is 18.0 Å². The van der Waals surface area contributed by atoms with Crippen molar-refractivity contribution in [1.29, 1.82) is 0 Å². The number of hydrogen-bond acceptors (Lipinski definition) is 5. The quantitative estimate of drug-likeness (QED) is 0.687. The molecule has 7 heteroatoms. The van der Waals surface area contributed by atoms with Crippen LogP contribution in [-0.2, 0) is 12.1 Å². The summed E-state index contributed by atoms with van der Waals surface area (Å²) >= 11 is 0. The first-order valence-corrected chi connectivity index (χ1v) is 10.0. The second-order valence-electron chi connectivity index (χ2n) is 7.59. The molecule has 1 aliphatic rings. The second-order valence-corrected chi connectivity index (χ2v) is 7.59. The number of carbonyl (C=O) groups is 1. The van der Waals surface area contributed by atoms with Crippen molar-refractivity contribution in [2.45, 2.75) is 51.1 Å². The van der Waals surface area contributed by atoms with Gasteiger partial charge in [0.2, 0.25) is 0 Å². The van der Waals surface area contributed by atoms with Crippen LogP contribution in [0, 0.1) is 6.92 Å². The molecule has 2 heterocycles. The van der Waals surface area contributed by atoms with Gasteiger partial charge in [0.15, 0.2) is 5.69 Å². The maximum atomic E-state index is 13.3. The molecule has 0 bridgehead atoms. The summed E-state index contributed by atoms with van der Waals surface area (Å²) in [6, 6.07) is 9.83. The number of nitrogens with one attached hydrogen (secondary N) is 1. The van der Waals surface area contributed by atoms with E-state index in [2.05, 4.69) is 15.6 Å². The molecular formula is C22H26N4O3. The maximum absolute atomic E-state index is 13.3. The molecule has 1 saturated carbocycles. The van der Waals surface area contributed by atoms with Gasteiger partial charge in [-0.15, -0.1) is 0 Å². The van der Waals surface area contributed by atoms with E-state index < -0.39 is 5.54 Å². The van der Waals surface area contributed by atoms with Crippen molar-refractivity contribution in [3.05, 3.63) is 65.3 Å². The SMILES string of the molecule is COc1ccc(C2(NC(=O)c3noc(C)c3Cn3cccn3)CCCCC2)cc1. The van der Waals surface area contributed by atoms with Gasteiger partial charge >= 0.3 is 0 Å². The number of ether oxygens (including phenoxy) is 1. The molecule has 1 N–H and O–H groups in total. The maximum Gasteiger partial charge on any atom is 0.274 e. The molecule has 0 atom stereocenters. The summed E-state index contributed by atoms with van der Waals surface area (Å²) in [4.78, 5) is 13.3. The Kier molecular flexibility index (Phi) is 5.38. The number of hydrogen-bond donors (Lipinski definition) is 1. The van der Waals surface area contributed by atoms with Crippen LogP contribution in [0.2, 0.25) is 0 Å². The van der Waals surface area contributed by atoms with E-state index in [1.807, 2.05) is 43.5 Å². The zero-order valence-electron chi connectivity index (χ0n) is 16.9. The lowest BCUT2D eigenvalue weighted by molar-refractivity contribution is 0.0856. The standard InChI is InChI=1S/C22H26N4O3/c1-16-19(15-26-14-6-13-23-26)20(25-29-16)21(27)24-22(11-4-3-5-12-22)17-7-9-18(28-2)10-8-17/h6-10,13-14H,3-5,11-12,15H2,1-2H3,(H,24,27). The van der Waals surface area contributed by atoms with E-state index in [-0.39, 0.29) is 5.91 Å². The van der Waals surface area contributed by atoms with Crippen molar-refractivity contribution in [2.75, 3.05) is 7.11 Å². The minimum atomic E-state index is -0.405. The molecule has 2 aromatic heterocycles. The van der Waals surface area contributed by atoms with E-state index in [9.17, 15) is 4.79 Å². The van der Waals surface area contributed by atoms with Gasteiger partial charge in [-0.2, -0.15) is 5.10 Å². The zero-order valence-corrected chi connectivity index (χ0v) is 16.9. The number of aromatic nitrogens is 3. The van der Waals surface area contributed by atoms with Crippen LogP contribution >= 0.6 is 0 Å². The molecule has 0 spiro atoms. The van der Waals surface area contributed by atoms with Crippen molar-refractivity contribution >= 4 is 5.91 Å². The zero-order chi connectivity index (χ0) is 20.3. The Balaban J connectivity index is 1.62. The second kappa shape index (κ2) is 8.11. The van der Waals surface area contributed by atoms with Gasteiger partial charge < -0.3 is 14.6 Å². The average Bonchev–Trinajstić information content (AvgIpc) is 3.39. The molecular weight excluding hydrogens is 368 g/mol. The molecule has 1 fully saturated rings. The van der Waals surface area contributed by atoms with Gasteiger partial charge in [0, 0.05) is 18.0 Å². The number of carbonyl (C=O) groups excluding carboxylic acids is 1. The van der Waals surface area contributed by atoms with Crippen LogP contribution in [0.5, 0.6) is 5.75 Å². The van der Waals surface area contributed by atoms with Gasteiger partial charge in [0.1, 0.15) is 11.5 Å². The smallest absolute Gasteiger partial charge is 0.274 e. The molecule has 1 aromatic carbocycles. The van der Waals surface area contributed by atoms with E-state index in [4.69, 9.17) is 9.26 Å². The lowest BCUT2D eigenvalue weighted by atomic mass is 9.76. The van der Waals surface area contributed by atoms with E-state index in [1.165, 1.54) is 6.42 Å². The van der Waals surface area contributed by atoms with Gasteiger partial charge in [-0.3, -0.25) is 9.48 Å². The number of benzene rings is 1. The number of rotatable bonds is 6.